The van der Waals surface area contributed by atoms with Crippen LogP contribution in [0, 0.1) is 25.5 Å². The third kappa shape index (κ3) is 4.40. The second-order valence-electron chi connectivity index (χ2n) is 6.17. The molecule has 0 saturated heterocycles. The summed E-state index contributed by atoms with van der Waals surface area (Å²) in [5.41, 5.74) is 6.01. The molecule has 0 radical (unpaired) electrons. The maximum absolute atomic E-state index is 13.6. The standard InChI is InChI=1S/C20H18F2N4OS/c1-12-4-6-17(8-13(12)2)26(14(3)27)20-24-16(11-28-20)10-23-25-19-7-5-15(21)9-18(19)22/h4-11,25H,1-3H3/b23-10-. The summed E-state index contributed by atoms with van der Waals surface area (Å²) < 4.78 is 26.5. The van der Waals surface area contributed by atoms with Gasteiger partial charge in [0.1, 0.15) is 5.82 Å². The quantitative estimate of drug-likeness (QED) is 0.475. The molecule has 0 unspecified atom stereocenters. The average Bonchev–Trinajstić information content (AvgIpc) is 3.08. The monoisotopic (exact) mass is 400 g/mol. The number of carbonyl (C=O) groups excluding carboxylic acids is 1. The van der Waals surface area contributed by atoms with Crippen molar-refractivity contribution in [2.45, 2.75) is 20.8 Å². The van der Waals surface area contributed by atoms with Crippen LogP contribution in [0.15, 0.2) is 46.9 Å². The number of aromatic nitrogens is 1. The van der Waals surface area contributed by atoms with E-state index in [1.54, 1.807) is 5.38 Å². The number of aryl methyl sites for hydroxylation is 2. The van der Waals surface area contributed by atoms with Gasteiger partial charge in [-0.05, 0) is 49.2 Å². The van der Waals surface area contributed by atoms with Crippen molar-refractivity contribution < 1.29 is 13.6 Å². The average molecular weight is 400 g/mol. The van der Waals surface area contributed by atoms with E-state index in [9.17, 15) is 13.6 Å². The van der Waals surface area contributed by atoms with Crippen LogP contribution in [-0.2, 0) is 4.79 Å². The molecule has 8 heteroatoms. The van der Waals surface area contributed by atoms with E-state index in [0.29, 0.717) is 10.8 Å². The number of nitrogens with zero attached hydrogens (tertiary/aromatic N) is 3. The van der Waals surface area contributed by atoms with E-state index in [1.165, 1.54) is 35.4 Å². The van der Waals surface area contributed by atoms with E-state index in [1.807, 2.05) is 32.0 Å². The molecule has 144 valence electrons. The fourth-order valence-corrected chi connectivity index (χ4v) is 3.32. The normalized spacial score (nSPS) is 11.0. The lowest BCUT2D eigenvalue weighted by Gasteiger charge is -2.19. The number of hydrogen-bond acceptors (Lipinski definition) is 5. The molecule has 0 fully saturated rings. The Morgan fingerprint density at radius 3 is 2.64 bits per heavy atom. The molecule has 28 heavy (non-hydrogen) atoms. The Balaban J connectivity index is 1.79. The molecule has 0 atom stereocenters. The van der Waals surface area contributed by atoms with Gasteiger partial charge in [0.2, 0.25) is 5.91 Å². The van der Waals surface area contributed by atoms with Crippen LogP contribution in [0.2, 0.25) is 0 Å². The fourth-order valence-electron chi connectivity index (χ4n) is 2.48. The minimum Gasteiger partial charge on any atom is -0.275 e. The molecule has 0 saturated carbocycles. The number of hydrogen-bond donors (Lipinski definition) is 1. The van der Waals surface area contributed by atoms with Crippen LogP contribution in [-0.4, -0.2) is 17.1 Å². The Morgan fingerprint density at radius 1 is 1.18 bits per heavy atom. The molecule has 3 rings (SSSR count). The molecular formula is C20H18F2N4OS. The summed E-state index contributed by atoms with van der Waals surface area (Å²) in [4.78, 5) is 18.1. The SMILES string of the molecule is CC(=O)N(c1ccc(C)c(C)c1)c1nc(/C=N\Nc2ccc(F)cc2F)cs1. The number of hydrazone groups is 1. The maximum atomic E-state index is 13.6. The first kappa shape index (κ1) is 19.6. The number of carbonyl (C=O) groups is 1. The van der Waals surface area contributed by atoms with Crippen LogP contribution in [0.5, 0.6) is 0 Å². The first-order chi connectivity index (χ1) is 13.3. The van der Waals surface area contributed by atoms with E-state index in [-0.39, 0.29) is 11.6 Å². The highest BCUT2D eigenvalue weighted by molar-refractivity contribution is 7.14. The number of halogens is 2. The molecule has 0 aliphatic heterocycles. The Kier molecular flexibility index (Phi) is 5.79. The second kappa shape index (κ2) is 8.26. The number of thiazole rings is 1. The van der Waals surface area contributed by atoms with Crippen molar-refractivity contribution in [1.29, 1.82) is 0 Å². The minimum atomic E-state index is -0.742. The summed E-state index contributed by atoms with van der Waals surface area (Å²) in [6.45, 7) is 5.46. The Hall–Kier alpha value is -3.13. The predicted octanol–water partition coefficient (Wildman–Crippen LogP) is 5.17. The largest absolute Gasteiger partial charge is 0.275 e. The van der Waals surface area contributed by atoms with Crippen LogP contribution in [0.3, 0.4) is 0 Å². The van der Waals surface area contributed by atoms with Crippen LogP contribution >= 0.6 is 11.3 Å². The molecule has 5 nitrogen and oxygen atoms in total. The van der Waals surface area contributed by atoms with Gasteiger partial charge >= 0.3 is 0 Å². The van der Waals surface area contributed by atoms with Gasteiger partial charge in [-0.2, -0.15) is 5.10 Å². The Bertz CT molecular complexity index is 1050. The molecule has 0 spiro atoms. The van der Waals surface area contributed by atoms with E-state index in [2.05, 4.69) is 15.5 Å². The summed E-state index contributed by atoms with van der Waals surface area (Å²) in [6.07, 6.45) is 1.40. The van der Waals surface area contributed by atoms with Gasteiger partial charge in [0.25, 0.3) is 0 Å². The third-order valence-electron chi connectivity index (χ3n) is 4.08. The highest BCUT2D eigenvalue weighted by Gasteiger charge is 2.18. The van der Waals surface area contributed by atoms with Gasteiger partial charge in [0, 0.05) is 18.4 Å². The molecule has 1 N–H and O–H groups in total. The summed E-state index contributed by atoms with van der Waals surface area (Å²) in [6, 6.07) is 8.93. The van der Waals surface area contributed by atoms with Crippen molar-refractivity contribution in [3.63, 3.8) is 0 Å². The highest BCUT2D eigenvalue weighted by atomic mass is 32.1. The Labute approximate surface area is 165 Å². The van der Waals surface area contributed by atoms with E-state index >= 15 is 0 Å². The lowest BCUT2D eigenvalue weighted by molar-refractivity contribution is -0.115. The summed E-state index contributed by atoms with van der Waals surface area (Å²) >= 11 is 1.29. The minimum absolute atomic E-state index is 0.0496. The summed E-state index contributed by atoms with van der Waals surface area (Å²) in [7, 11) is 0. The topological polar surface area (TPSA) is 57.6 Å². The van der Waals surface area contributed by atoms with Gasteiger partial charge in [-0.1, -0.05) is 6.07 Å². The third-order valence-corrected chi connectivity index (χ3v) is 4.92. The number of nitrogens with one attached hydrogen (secondary N) is 1. The smallest absolute Gasteiger partial charge is 0.230 e. The Morgan fingerprint density at radius 2 is 1.96 bits per heavy atom. The highest BCUT2D eigenvalue weighted by Crippen LogP contribution is 2.30. The fraction of sp³-hybridized carbons (Fsp3) is 0.150. The first-order valence-electron chi connectivity index (χ1n) is 8.43. The zero-order valence-corrected chi connectivity index (χ0v) is 16.3. The van der Waals surface area contributed by atoms with Crippen LogP contribution in [0.4, 0.5) is 25.3 Å². The molecule has 1 heterocycles. The van der Waals surface area contributed by atoms with Crippen molar-refractivity contribution in [2.24, 2.45) is 5.10 Å². The number of rotatable bonds is 5. The van der Waals surface area contributed by atoms with E-state index < -0.39 is 11.6 Å². The first-order valence-corrected chi connectivity index (χ1v) is 9.30. The van der Waals surface area contributed by atoms with Crippen LogP contribution in [0.1, 0.15) is 23.7 Å². The van der Waals surface area contributed by atoms with Gasteiger partial charge in [-0.3, -0.25) is 15.1 Å². The van der Waals surface area contributed by atoms with Gasteiger partial charge in [-0.15, -0.1) is 11.3 Å². The number of anilines is 3. The van der Waals surface area contributed by atoms with Crippen molar-refractivity contribution in [1.82, 2.24) is 4.98 Å². The molecule has 0 aliphatic carbocycles. The van der Waals surface area contributed by atoms with Gasteiger partial charge in [0.15, 0.2) is 10.9 Å². The number of amides is 1. The lowest BCUT2D eigenvalue weighted by Crippen LogP contribution is -2.22. The maximum Gasteiger partial charge on any atom is 0.230 e. The van der Waals surface area contributed by atoms with Gasteiger partial charge < -0.3 is 0 Å². The predicted molar refractivity (Wildman–Crippen MR) is 108 cm³/mol. The molecule has 3 aromatic rings. The molecule has 1 amide bonds. The second-order valence-corrected chi connectivity index (χ2v) is 7.01. The van der Waals surface area contributed by atoms with Gasteiger partial charge in [-0.25, -0.2) is 13.8 Å². The zero-order valence-electron chi connectivity index (χ0n) is 15.5. The molecule has 0 aliphatic rings. The molecule has 1 aromatic heterocycles. The molecule has 2 aromatic carbocycles. The van der Waals surface area contributed by atoms with Gasteiger partial charge in [0.05, 0.1) is 23.3 Å². The molecular weight excluding hydrogens is 382 g/mol. The lowest BCUT2D eigenvalue weighted by atomic mass is 10.1. The number of benzene rings is 2. The van der Waals surface area contributed by atoms with Crippen LogP contribution < -0.4 is 10.3 Å². The van der Waals surface area contributed by atoms with E-state index in [0.717, 1.165) is 28.9 Å². The molecule has 0 bridgehead atoms. The van der Waals surface area contributed by atoms with Crippen molar-refractivity contribution in [2.75, 3.05) is 10.3 Å². The summed E-state index contributed by atoms with van der Waals surface area (Å²) in [5.74, 6) is -1.56. The zero-order chi connectivity index (χ0) is 20.3. The van der Waals surface area contributed by atoms with E-state index in [4.69, 9.17) is 0 Å². The van der Waals surface area contributed by atoms with Crippen molar-refractivity contribution >= 4 is 40.0 Å². The van der Waals surface area contributed by atoms with Crippen molar-refractivity contribution in [3.8, 4) is 0 Å². The van der Waals surface area contributed by atoms with Crippen molar-refractivity contribution in [3.05, 3.63) is 70.2 Å². The summed E-state index contributed by atoms with van der Waals surface area (Å²) in [5, 5.41) is 6.16. The van der Waals surface area contributed by atoms with Crippen LogP contribution in [0.25, 0.3) is 0 Å².